The molecule has 0 unspecified atom stereocenters. The third-order valence-corrected chi connectivity index (χ3v) is 5.28. The number of rotatable bonds is 7. The highest BCUT2D eigenvalue weighted by Gasteiger charge is 2.25. The van der Waals surface area contributed by atoms with Crippen LogP contribution < -0.4 is 5.32 Å². The Morgan fingerprint density at radius 1 is 1.10 bits per heavy atom. The van der Waals surface area contributed by atoms with Crippen molar-refractivity contribution in [3.05, 3.63) is 69.8 Å². The smallest absolute Gasteiger partial charge is 0.293 e. The Balaban J connectivity index is 1.69. The van der Waals surface area contributed by atoms with Gasteiger partial charge in [-0.25, -0.2) is 0 Å². The van der Waals surface area contributed by atoms with Crippen molar-refractivity contribution in [2.45, 2.75) is 39.2 Å². The molecule has 1 saturated heterocycles. The van der Waals surface area contributed by atoms with E-state index in [1.54, 1.807) is 36.4 Å². The molecule has 0 bridgehead atoms. The number of hydrogen-bond acceptors (Lipinski definition) is 5. The van der Waals surface area contributed by atoms with E-state index in [-0.39, 0.29) is 29.0 Å². The Kier molecular flexibility index (Phi) is 6.82. The summed E-state index contributed by atoms with van der Waals surface area (Å²) in [7, 11) is 0. The zero-order valence-corrected chi connectivity index (χ0v) is 17.3. The number of anilines is 1. The molecule has 7 nitrogen and oxygen atoms in total. The van der Waals surface area contributed by atoms with Crippen LogP contribution in [0.4, 0.5) is 11.4 Å². The molecule has 0 saturated carbocycles. The zero-order valence-electron chi connectivity index (χ0n) is 17.3. The standard InChI is InChI=1S/C23H27N3O4/c1-16(2)14-22(27)25-12-10-19(11-13-25)24-20-9-8-18(15-21(20)26(29)30)23(28)17-6-4-3-5-7-17/h3-9,15-16,19,24H,10-14H2,1-2H3. The van der Waals surface area contributed by atoms with Crippen LogP contribution in [0.3, 0.4) is 0 Å². The Labute approximate surface area is 176 Å². The summed E-state index contributed by atoms with van der Waals surface area (Å²) >= 11 is 0. The van der Waals surface area contributed by atoms with Gasteiger partial charge in [0.15, 0.2) is 5.78 Å². The molecular formula is C23H27N3O4. The first kappa shape index (κ1) is 21.5. The van der Waals surface area contributed by atoms with Gasteiger partial charge in [-0.2, -0.15) is 0 Å². The highest BCUT2D eigenvalue weighted by molar-refractivity contribution is 6.09. The van der Waals surface area contributed by atoms with Crippen molar-refractivity contribution in [2.75, 3.05) is 18.4 Å². The molecule has 1 amide bonds. The third kappa shape index (κ3) is 5.23. The van der Waals surface area contributed by atoms with Crippen molar-refractivity contribution in [1.29, 1.82) is 0 Å². The van der Waals surface area contributed by atoms with Crippen LogP contribution in [0.1, 0.15) is 49.0 Å². The summed E-state index contributed by atoms with van der Waals surface area (Å²) in [5.41, 5.74) is 1.06. The Morgan fingerprint density at radius 2 is 1.77 bits per heavy atom. The Morgan fingerprint density at radius 3 is 2.37 bits per heavy atom. The number of nitro groups is 1. The second-order valence-electron chi connectivity index (χ2n) is 8.08. The molecule has 1 heterocycles. The van der Waals surface area contributed by atoms with Crippen LogP contribution in [0.15, 0.2) is 48.5 Å². The predicted octanol–water partition coefficient (Wildman–Crippen LogP) is 4.27. The first-order valence-electron chi connectivity index (χ1n) is 10.3. The van der Waals surface area contributed by atoms with Gasteiger partial charge in [0.1, 0.15) is 5.69 Å². The second-order valence-corrected chi connectivity index (χ2v) is 8.08. The van der Waals surface area contributed by atoms with Gasteiger partial charge in [-0.1, -0.05) is 44.2 Å². The number of amides is 1. The molecule has 0 spiro atoms. The van der Waals surface area contributed by atoms with Gasteiger partial charge in [0, 0.05) is 42.7 Å². The minimum absolute atomic E-state index is 0.0440. The van der Waals surface area contributed by atoms with Crippen LogP contribution >= 0.6 is 0 Å². The number of likely N-dealkylation sites (tertiary alicyclic amines) is 1. The maximum absolute atomic E-state index is 12.6. The number of nitrogens with one attached hydrogen (secondary N) is 1. The molecule has 0 aromatic heterocycles. The first-order valence-corrected chi connectivity index (χ1v) is 10.3. The lowest BCUT2D eigenvalue weighted by Gasteiger charge is -2.33. The van der Waals surface area contributed by atoms with Crippen molar-refractivity contribution < 1.29 is 14.5 Å². The molecule has 7 heteroatoms. The summed E-state index contributed by atoms with van der Waals surface area (Å²) in [5, 5.41) is 14.9. The van der Waals surface area contributed by atoms with Crippen molar-refractivity contribution in [1.82, 2.24) is 4.90 Å². The lowest BCUT2D eigenvalue weighted by atomic mass is 10.0. The average Bonchev–Trinajstić information content (AvgIpc) is 2.74. The van der Waals surface area contributed by atoms with Gasteiger partial charge in [0.25, 0.3) is 5.69 Å². The van der Waals surface area contributed by atoms with Gasteiger partial charge in [0.2, 0.25) is 5.91 Å². The van der Waals surface area contributed by atoms with Crippen molar-refractivity contribution in [2.24, 2.45) is 5.92 Å². The Hall–Kier alpha value is -3.22. The fourth-order valence-corrected chi connectivity index (χ4v) is 3.67. The average molecular weight is 409 g/mol. The fraction of sp³-hybridized carbons (Fsp3) is 0.391. The van der Waals surface area contributed by atoms with Gasteiger partial charge in [0.05, 0.1) is 4.92 Å². The summed E-state index contributed by atoms with van der Waals surface area (Å²) in [6.07, 6.45) is 2.00. The number of benzene rings is 2. The third-order valence-electron chi connectivity index (χ3n) is 5.28. The van der Waals surface area contributed by atoms with E-state index >= 15 is 0 Å². The van der Waals surface area contributed by atoms with E-state index in [1.807, 2.05) is 24.8 Å². The summed E-state index contributed by atoms with van der Waals surface area (Å²) in [6, 6.07) is 13.3. The molecule has 2 aromatic carbocycles. The molecule has 30 heavy (non-hydrogen) atoms. The molecule has 3 rings (SSSR count). The van der Waals surface area contributed by atoms with Crippen LogP contribution in [0.2, 0.25) is 0 Å². The summed E-state index contributed by atoms with van der Waals surface area (Å²) in [4.78, 5) is 37.9. The normalized spacial score (nSPS) is 14.6. The number of hydrogen-bond donors (Lipinski definition) is 1. The van der Waals surface area contributed by atoms with E-state index in [0.717, 1.165) is 12.8 Å². The summed E-state index contributed by atoms with van der Waals surface area (Å²) in [5.74, 6) is 0.244. The largest absolute Gasteiger partial charge is 0.377 e. The van der Waals surface area contributed by atoms with E-state index in [0.29, 0.717) is 36.7 Å². The maximum atomic E-state index is 12.6. The maximum Gasteiger partial charge on any atom is 0.293 e. The molecular weight excluding hydrogens is 382 g/mol. The molecule has 1 aliphatic rings. The SMILES string of the molecule is CC(C)CC(=O)N1CCC(Nc2ccc(C(=O)c3ccccc3)cc2[N+](=O)[O-])CC1. The van der Waals surface area contributed by atoms with Crippen LogP contribution in [-0.2, 0) is 4.79 Å². The van der Waals surface area contributed by atoms with E-state index in [1.165, 1.54) is 6.07 Å². The number of ketones is 1. The highest BCUT2D eigenvalue weighted by atomic mass is 16.6. The van der Waals surface area contributed by atoms with Crippen LogP contribution in [-0.4, -0.2) is 40.6 Å². The quantitative estimate of drug-likeness (QED) is 0.419. The minimum Gasteiger partial charge on any atom is -0.377 e. The molecule has 158 valence electrons. The number of nitro benzene ring substituents is 1. The van der Waals surface area contributed by atoms with Crippen molar-refractivity contribution in [3.8, 4) is 0 Å². The molecule has 1 N–H and O–H groups in total. The van der Waals surface area contributed by atoms with Gasteiger partial charge in [-0.3, -0.25) is 19.7 Å². The van der Waals surface area contributed by atoms with Gasteiger partial charge in [-0.05, 0) is 30.9 Å². The molecule has 2 aromatic rings. The van der Waals surface area contributed by atoms with Crippen LogP contribution in [0, 0.1) is 16.0 Å². The zero-order chi connectivity index (χ0) is 21.7. The van der Waals surface area contributed by atoms with E-state index < -0.39 is 4.92 Å². The Bertz CT molecular complexity index is 919. The molecule has 1 aliphatic heterocycles. The van der Waals surface area contributed by atoms with E-state index in [4.69, 9.17) is 0 Å². The van der Waals surface area contributed by atoms with Crippen LogP contribution in [0.5, 0.6) is 0 Å². The number of carbonyl (C=O) groups excluding carboxylic acids is 2. The summed E-state index contributed by atoms with van der Waals surface area (Å²) in [6.45, 7) is 5.33. The van der Waals surface area contributed by atoms with E-state index in [2.05, 4.69) is 5.32 Å². The topological polar surface area (TPSA) is 92.6 Å². The first-order chi connectivity index (χ1) is 14.3. The monoisotopic (exact) mass is 409 g/mol. The number of piperidine rings is 1. The molecule has 1 fully saturated rings. The van der Waals surface area contributed by atoms with Crippen molar-refractivity contribution >= 4 is 23.1 Å². The summed E-state index contributed by atoms with van der Waals surface area (Å²) < 4.78 is 0. The highest BCUT2D eigenvalue weighted by Crippen LogP contribution is 2.29. The second kappa shape index (κ2) is 9.52. The molecule has 0 radical (unpaired) electrons. The van der Waals surface area contributed by atoms with Gasteiger partial charge >= 0.3 is 0 Å². The van der Waals surface area contributed by atoms with Crippen LogP contribution in [0.25, 0.3) is 0 Å². The number of nitrogens with zero attached hydrogens (tertiary/aromatic N) is 2. The predicted molar refractivity (Wildman–Crippen MR) is 116 cm³/mol. The van der Waals surface area contributed by atoms with Gasteiger partial charge in [-0.15, -0.1) is 0 Å². The molecule has 0 atom stereocenters. The van der Waals surface area contributed by atoms with E-state index in [9.17, 15) is 19.7 Å². The number of carbonyl (C=O) groups is 2. The molecule has 0 aliphatic carbocycles. The lowest BCUT2D eigenvalue weighted by molar-refractivity contribution is -0.384. The lowest BCUT2D eigenvalue weighted by Crippen LogP contribution is -2.42. The fourth-order valence-electron chi connectivity index (χ4n) is 3.67. The minimum atomic E-state index is -0.467. The van der Waals surface area contributed by atoms with Gasteiger partial charge < -0.3 is 10.2 Å². The van der Waals surface area contributed by atoms with Crippen molar-refractivity contribution in [3.63, 3.8) is 0 Å².